The third-order valence-electron chi connectivity index (χ3n) is 4.52. The fourth-order valence-electron chi connectivity index (χ4n) is 3.25. The summed E-state index contributed by atoms with van der Waals surface area (Å²) in [5.74, 6) is 0.0540. The molecule has 4 aromatic heterocycles. The first-order valence-electron chi connectivity index (χ1n) is 8.47. The van der Waals surface area contributed by atoms with Gasteiger partial charge >= 0.3 is 6.18 Å². The molecule has 13 heteroatoms. The maximum absolute atomic E-state index is 13.1. The van der Waals surface area contributed by atoms with Gasteiger partial charge in [0.15, 0.2) is 5.69 Å². The summed E-state index contributed by atoms with van der Waals surface area (Å²) in [4.78, 5) is 23.4. The van der Waals surface area contributed by atoms with Crippen molar-refractivity contribution in [3.05, 3.63) is 63.4 Å². The molecule has 1 aromatic carbocycles. The molecular weight excluding hydrogens is 423 g/mol. The SMILES string of the molecule is O=c1[nH]c2cc(C(F)(F)F)ccc2n2c(Cn3ccnc3)c(-c3n[nH]c(=S)o3)nc12. The van der Waals surface area contributed by atoms with E-state index in [9.17, 15) is 18.0 Å². The van der Waals surface area contributed by atoms with Crippen molar-refractivity contribution in [2.24, 2.45) is 0 Å². The quantitative estimate of drug-likeness (QED) is 0.423. The first kappa shape index (κ1) is 18.3. The van der Waals surface area contributed by atoms with Crippen molar-refractivity contribution >= 4 is 28.9 Å². The molecule has 0 aliphatic heterocycles. The van der Waals surface area contributed by atoms with Gasteiger partial charge in [0.25, 0.3) is 16.3 Å². The summed E-state index contributed by atoms with van der Waals surface area (Å²) in [6, 6.07) is 3.11. The number of rotatable bonds is 3. The molecule has 5 rings (SSSR count). The minimum atomic E-state index is -4.55. The lowest BCUT2D eigenvalue weighted by molar-refractivity contribution is -0.137. The Balaban J connectivity index is 1.87. The van der Waals surface area contributed by atoms with Crippen molar-refractivity contribution in [2.75, 3.05) is 0 Å². The molecule has 9 nitrogen and oxygen atoms in total. The molecule has 0 aliphatic carbocycles. The summed E-state index contributed by atoms with van der Waals surface area (Å²) in [7, 11) is 0. The Labute approximate surface area is 168 Å². The summed E-state index contributed by atoms with van der Waals surface area (Å²) < 4.78 is 48.0. The van der Waals surface area contributed by atoms with E-state index in [1.54, 1.807) is 23.3 Å². The minimum absolute atomic E-state index is 0.0149. The number of imidazole rings is 2. The van der Waals surface area contributed by atoms with E-state index in [0.717, 1.165) is 12.1 Å². The molecule has 5 aromatic rings. The molecule has 30 heavy (non-hydrogen) atoms. The third-order valence-corrected chi connectivity index (χ3v) is 4.70. The number of hydrogen-bond acceptors (Lipinski definition) is 6. The second kappa shape index (κ2) is 6.38. The average Bonchev–Trinajstić information content (AvgIpc) is 3.42. The van der Waals surface area contributed by atoms with Crippen LogP contribution in [-0.4, -0.2) is 34.1 Å². The van der Waals surface area contributed by atoms with Crippen molar-refractivity contribution in [1.82, 2.24) is 34.1 Å². The molecule has 0 atom stereocenters. The maximum Gasteiger partial charge on any atom is 0.416 e. The van der Waals surface area contributed by atoms with Crippen molar-refractivity contribution in [3.63, 3.8) is 0 Å². The van der Waals surface area contributed by atoms with E-state index in [2.05, 4.69) is 25.1 Å². The smallest absolute Gasteiger partial charge is 0.408 e. The summed E-state index contributed by atoms with van der Waals surface area (Å²) in [6.45, 7) is 0.200. The summed E-state index contributed by atoms with van der Waals surface area (Å²) in [6.07, 6.45) is 0.276. The number of aromatic amines is 2. The average molecular weight is 433 g/mol. The van der Waals surface area contributed by atoms with Crippen LogP contribution < -0.4 is 5.56 Å². The number of nitrogens with one attached hydrogen (secondary N) is 2. The van der Waals surface area contributed by atoms with Crippen LogP contribution in [0.3, 0.4) is 0 Å². The Bertz CT molecular complexity index is 1510. The lowest BCUT2D eigenvalue weighted by Gasteiger charge is -2.10. The van der Waals surface area contributed by atoms with Crippen molar-refractivity contribution in [2.45, 2.75) is 12.7 Å². The van der Waals surface area contributed by atoms with Crippen molar-refractivity contribution < 1.29 is 17.6 Å². The van der Waals surface area contributed by atoms with Crippen LogP contribution >= 0.6 is 12.2 Å². The fraction of sp³-hybridized carbons (Fsp3) is 0.118. The molecule has 0 aliphatic rings. The summed E-state index contributed by atoms with van der Waals surface area (Å²) in [5.41, 5.74) is -0.509. The molecular formula is C17H10F3N7O2S. The number of halogens is 3. The zero-order chi connectivity index (χ0) is 21.0. The van der Waals surface area contributed by atoms with E-state index in [1.807, 2.05) is 0 Å². The predicted molar refractivity (Wildman–Crippen MR) is 100 cm³/mol. The Morgan fingerprint density at radius 1 is 1.27 bits per heavy atom. The van der Waals surface area contributed by atoms with Gasteiger partial charge in [-0.3, -0.25) is 9.20 Å². The highest BCUT2D eigenvalue weighted by Gasteiger charge is 2.31. The molecule has 2 N–H and O–H groups in total. The fourth-order valence-corrected chi connectivity index (χ4v) is 3.38. The van der Waals surface area contributed by atoms with Gasteiger partial charge in [0.05, 0.1) is 35.2 Å². The predicted octanol–water partition coefficient (Wildman–Crippen LogP) is 3.15. The minimum Gasteiger partial charge on any atom is -0.408 e. The third kappa shape index (κ3) is 2.90. The van der Waals surface area contributed by atoms with Crippen LogP contribution in [0.25, 0.3) is 28.3 Å². The number of H-pyrrole nitrogens is 2. The molecule has 0 spiro atoms. The van der Waals surface area contributed by atoms with Crippen LogP contribution in [-0.2, 0) is 12.7 Å². The van der Waals surface area contributed by atoms with E-state index in [-0.39, 0.29) is 34.1 Å². The van der Waals surface area contributed by atoms with Crippen LogP contribution in [0, 0.1) is 4.84 Å². The van der Waals surface area contributed by atoms with Crippen LogP contribution in [0.2, 0.25) is 0 Å². The van der Waals surface area contributed by atoms with Gasteiger partial charge in [-0.2, -0.15) is 13.2 Å². The highest BCUT2D eigenvalue weighted by atomic mass is 32.1. The largest absolute Gasteiger partial charge is 0.416 e. The van der Waals surface area contributed by atoms with Gasteiger partial charge in [0.1, 0.15) is 0 Å². The van der Waals surface area contributed by atoms with E-state index < -0.39 is 17.3 Å². The first-order valence-corrected chi connectivity index (χ1v) is 8.88. The van der Waals surface area contributed by atoms with E-state index in [1.165, 1.54) is 10.5 Å². The van der Waals surface area contributed by atoms with Gasteiger partial charge in [0.2, 0.25) is 5.65 Å². The van der Waals surface area contributed by atoms with Gasteiger partial charge in [-0.1, -0.05) is 0 Å². The van der Waals surface area contributed by atoms with Crippen LogP contribution in [0.5, 0.6) is 0 Å². The van der Waals surface area contributed by atoms with Gasteiger partial charge < -0.3 is 14.0 Å². The van der Waals surface area contributed by atoms with Crippen molar-refractivity contribution in [1.29, 1.82) is 0 Å². The molecule has 0 unspecified atom stereocenters. The number of hydrogen-bond donors (Lipinski definition) is 2. The zero-order valence-electron chi connectivity index (χ0n) is 14.8. The molecule has 0 fully saturated rings. The summed E-state index contributed by atoms with van der Waals surface area (Å²) >= 11 is 4.92. The van der Waals surface area contributed by atoms with E-state index in [4.69, 9.17) is 16.6 Å². The van der Waals surface area contributed by atoms with Gasteiger partial charge in [0, 0.05) is 12.4 Å². The highest BCUT2D eigenvalue weighted by molar-refractivity contribution is 7.71. The zero-order valence-corrected chi connectivity index (χ0v) is 15.6. The molecule has 4 heterocycles. The normalized spacial score (nSPS) is 12.2. The second-order valence-corrected chi connectivity index (χ2v) is 6.77. The Hall–Kier alpha value is -3.74. The van der Waals surface area contributed by atoms with Crippen LogP contribution in [0.15, 0.2) is 46.1 Å². The lowest BCUT2D eigenvalue weighted by Crippen LogP contribution is -2.14. The molecule has 0 radical (unpaired) electrons. The Morgan fingerprint density at radius 2 is 2.10 bits per heavy atom. The molecule has 0 saturated carbocycles. The van der Waals surface area contributed by atoms with Gasteiger partial charge in [-0.15, -0.1) is 5.10 Å². The van der Waals surface area contributed by atoms with Crippen molar-refractivity contribution in [3.8, 4) is 11.6 Å². The highest BCUT2D eigenvalue weighted by Crippen LogP contribution is 2.32. The number of aromatic nitrogens is 7. The Kier molecular flexibility index (Phi) is 3.89. The van der Waals surface area contributed by atoms with Crippen LogP contribution in [0.1, 0.15) is 11.3 Å². The number of nitrogens with zero attached hydrogens (tertiary/aromatic N) is 5. The molecule has 0 saturated heterocycles. The molecule has 0 amide bonds. The first-order chi connectivity index (χ1) is 14.3. The number of alkyl halides is 3. The second-order valence-electron chi connectivity index (χ2n) is 6.40. The number of fused-ring (bicyclic) bond motifs is 3. The topological polar surface area (TPSA) is 110 Å². The molecule has 152 valence electrons. The molecule has 0 bridgehead atoms. The monoisotopic (exact) mass is 433 g/mol. The number of benzene rings is 1. The lowest BCUT2D eigenvalue weighted by atomic mass is 10.2. The maximum atomic E-state index is 13.1. The Morgan fingerprint density at radius 3 is 2.77 bits per heavy atom. The van der Waals surface area contributed by atoms with Gasteiger partial charge in [-0.25, -0.2) is 15.1 Å². The van der Waals surface area contributed by atoms with Gasteiger partial charge in [-0.05, 0) is 30.4 Å². The van der Waals surface area contributed by atoms with E-state index >= 15 is 0 Å². The summed E-state index contributed by atoms with van der Waals surface area (Å²) in [5, 5.41) is 6.46. The standard InChI is InChI=1S/C17H10F3N7O2S/c18-17(19,20)8-1-2-10-9(5-8)22-14(28)13-23-12(15-24-25-16(30)29-15)11(27(10)13)6-26-4-3-21-7-26/h1-5,7H,6H2,(H,22,28)(H,25,30). The van der Waals surface area contributed by atoms with Crippen LogP contribution in [0.4, 0.5) is 13.2 Å². The van der Waals surface area contributed by atoms with E-state index in [0.29, 0.717) is 11.2 Å².